The molecule has 1 aromatic heterocycles. The number of nitrogens with one attached hydrogen (secondary N) is 2. The molecule has 0 saturated carbocycles. The number of methoxy groups -OCH3 is 1. The molecule has 2 N–H and O–H groups in total. The van der Waals surface area contributed by atoms with Crippen molar-refractivity contribution >= 4 is 11.8 Å². The normalized spacial score (nSPS) is 12.2. The van der Waals surface area contributed by atoms with Crippen molar-refractivity contribution in [1.29, 1.82) is 0 Å². The number of anilines is 2. The third kappa shape index (κ3) is 4.44. The van der Waals surface area contributed by atoms with Crippen LogP contribution in [0.5, 0.6) is 0 Å². The molecule has 0 saturated heterocycles. The smallest absolute Gasteiger partial charge is 0.224 e. The molecule has 1 atom stereocenters. The highest BCUT2D eigenvalue weighted by Gasteiger charge is 2.03. The Morgan fingerprint density at radius 3 is 3.00 bits per heavy atom. The summed E-state index contributed by atoms with van der Waals surface area (Å²) < 4.78 is 5.03. The lowest BCUT2D eigenvalue weighted by atomic mass is 10.2. The maximum Gasteiger partial charge on any atom is 0.224 e. The summed E-state index contributed by atoms with van der Waals surface area (Å²) >= 11 is 0. The van der Waals surface area contributed by atoms with E-state index in [0.717, 1.165) is 25.4 Å². The van der Waals surface area contributed by atoms with Gasteiger partial charge >= 0.3 is 0 Å². The van der Waals surface area contributed by atoms with Crippen molar-refractivity contribution in [2.45, 2.75) is 26.3 Å². The molecule has 0 bridgehead atoms. The van der Waals surface area contributed by atoms with E-state index in [1.165, 1.54) is 0 Å². The van der Waals surface area contributed by atoms with E-state index in [4.69, 9.17) is 4.74 Å². The summed E-state index contributed by atoms with van der Waals surface area (Å²) in [5, 5.41) is 6.38. The maximum absolute atomic E-state index is 5.03. The fraction of sp³-hybridized carbons (Fsp3) is 0.636. The van der Waals surface area contributed by atoms with Gasteiger partial charge in [-0.2, -0.15) is 4.98 Å². The molecule has 16 heavy (non-hydrogen) atoms. The summed E-state index contributed by atoms with van der Waals surface area (Å²) in [5.74, 6) is 1.50. The molecule has 1 rings (SSSR count). The van der Waals surface area contributed by atoms with Crippen molar-refractivity contribution in [3.05, 3.63) is 12.3 Å². The maximum atomic E-state index is 5.03. The van der Waals surface area contributed by atoms with E-state index >= 15 is 0 Å². The Morgan fingerprint density at radius 1 is 1.50 bits per heavy atom. The molecule has 0 spiro atoms. The molecular formula is C11H20N4O. The van der Waals surface area contributed by atoms with Crippen molar-refractivity contribution in [2.75, 3.05) is 30.9 Å². The van der Waals surface area contributed by atoms with Crippen LogP contribution in [0.15, 0.2) is 12.3 Å². The molecule has 0 aliphatic carbocycles. The van der Waals surface area contributed by atoms with Gasteiger partial charge in [0.2, 0.25) is 5.95 Å². The van der Waals surface area contributed by atoms with Crippen LogP contribution in [-0.2, 0) is 4.74 Å². The average Bonchev–Trinajstić information content (AvgIpc) is 2.27. The summed E-state index contributed by atoms with van der Waals surface area (Å²) in [7, 11) is 1.71. The molecule has 5 heteroatoms. The molecular weight excluding hydrogens is 204 g/mol. The zero-order valence-electron chi connectivity index (χ0n) is 10.2. The van der Waals surface area contributed by atoms with Crippen LogP contribution in [0.3, 0.4) is 0 Å². The molecule has 0 aliphatic rings. The molecule has 0 aromatic carbocycles. The highest BCUT2D eigenvalue weighted by Crippen LogP contribution is 2.08. The zero-order valence-corrected chi connectivity index (χ0v) is 10.2. The average molecular weight is 224 g/mol. The molecule has 0 aliphatic heterocycles. The van der Waals surface area contributed by atoms with Crippen LogP contribution >= 0.6 is 0 Å². The Labute approximate surface area is 96.6 Å². The minimum absolute atomic E-state index is 0.337. The lowest BCUT2D eigenvalue weighted by molar-refractivity contribution is 0.191. The summed E-state index contributed by atoms with van der Waals surface area (Å²) in [5.41, 5.74) is 0. The van der Waals surface area contributed by atoms with E-state index < -0.39 is 0 Å². The van der Waals surface area contributed by atoms with Crippen LogP contribution < -0.4 is 10.6 Å². The van der Waals surface area contributed by atoms with Crippen molar-refractivity contribution in [3.8, 4) is 0 Å². The number of ether oxygens (including phenoxy) is 1. The lowest BCUT2D eigenvalue weighted by Crippen LogP contribution is -2.18. The molecule has 5 nitrogen and oxygen atoms in total. The monoisotopic (exact) mass is 224 g/mol. The number of hydrogen-bond donors (Lipinski definition) is 2. The standard InChI is InChI=1S/C11H20N4O/c1-4-12-11-13-7-5-10(15-11)14-9(2)6-8-16-3/h5,7,9H,4,6,8H2,1-3H3,(H2,12,13,14,15). The first-order valence-electron chi connectivity index (χ1n) is 5.58. The quantitative estimate of drug-likeness (QED) is 0.739. The van der Waals surface area contributed by atoms with Gasteiger partial charge in [0, 0.05) is 32.5 Å². The van der Waals surface area contributed by atoms with Crippen LogP contribution in [0.4, 0.5) is 11.8 Å². The Balaban J connectivity index is 2.49. The lowest BCUT2D eigenvalue weighted by Gasteiger charge is -2.14. The highest BCUT2D eigenvalue weighted by molar-refractivity contribution is 5.40. The van der Waals surface area contributed by atoms with Gasteiger partial charge in [0.1, 0.15) is 5.82 Å². The Bertz CT molecular complexity index is 306. The van der Waals surface area contributed by atoms with E-state index in [9.17, 15) is 0 Å². The number of nitrogens with zero attached hydrogens (tertiary/aromatic N) is 2. The van der Waals surface area contributed by atoms with Crippen LogP contribution in [0.1, 0.15) is 20.3 Å². The number of rotatable bonds is 7. The van der Waals surface area contributed by atoms with Crippen molar-refractivity contribution < 1.29 is 4.74 Å². The predicted molar refractivity (Wildman–Crippen MR) is 65.8 cm³/mol. The number of aromatic nitrogens is 2. The van der Waals surface area contributed by atoms with E-state index in [0.29, 0.717) is 12.0 Å². The van der Waals surface area contributed by atoms with Gasteiger partial charge in [-0.3, -0.25) is 0 Å². The largest absolute Gasteiger partial charge is 0.385 e. The third-order valence-electron chi connectivity index (χ3n) is 2.14. The van der Waals surface area contributed by atoms with E-state index in [2.05, 4.69) is 27.5 Å². The van der Waals surface area contributed by atoms with Gasteiger partial charge in [-0.15, -0.1) is 0 Å². The molecule has 1 heterocycles. The van der Waals surface area contributed by atoms with Crippen molar-refractivity contribution in [3.63, 3.8) is 0 Å². The van der Waals surface area contributed by atoms with Gasteiger partial charge in [-0.1, -0.05) is 0 Å². The Morgan fingerprint density at radius 2 is 2.31 bits per heavy atom. The van der Waals surface area contributed by atoms with Gasteiger partial charge < -0.3 is 15.4 Å². The highest BCUT2D eigenvalue weighted by atomic mass is 16.5. The van der Waals surface area contributed by atoms with Crippen molar-refractivity contribution in [2.24, 2.45) is 0 Å². The SMILES string of the molecule is CCNc1nccc(NC(C)CCOC)n1. The zero-order chi connectivity index (χ0) is 11.8. The van der Waals surface area contributed by atoms with E-state index in [-0.39, 0.29) is 0 Å². The molecule has 90 valence electrons. The van der Waals surface area contributed by atoms with Gasteiger partial charge in [0.05, 0.1) is 0 Å². The Kier molecular flexibility index (Phi) is 5.56. The van der Waals surface area contributed by atoms with Crippen LogP contribution in [0, 0.1) is 0 Å². The van der Waals surface area contributed by atoms with Crippen LogP contribution in [-0.4, -0.2) is 36.3 Å². The molecule has 0 amide bonds. The fourth-order valence-electron chi connectivity index (χ4n) is 1.30. The first-order chi connectivity index (χ1) is 7.76. The van der Waals surface area contributed by atoms with Crippen LogP contribution in [0.2, 0.25) is 0 Å². The second-order valence-corrected chi connectivity index (χ2v) is 3.62. The van der Waals surface area contributed by atoms with Crippen LogP contribution in [0.25, 0.3) is 0 Å². The summed E-state index contributed by atoms with van der Waals surface area (Å²) in [4.78, 5) is 8.45. The summed E-state index contributed by atoms with van der Waals surface area (Å²) in [6, 6.07) is 2.20. The van der Waals surface area contributed by atoms with Crippen molar-refractivity contribution in [1.82, 2.24) is 9.97 Å². The molecule has 0 radical (unpaired) electrons. The molecule has 0 fully saturated rings. The van der Waals surface area contributed by atoms with Gasteiger partial charge in [-0.05, 0) is 26.3 Å². The minimum atomic E-state index is 0.337. The van der Waals surface area contributed by atoms with Gasteiger partial charge in [-0.25, -0.2) is 4.98 Å². The summed E-state index contributed by atoms with van der Waals surface area (Å²) in [6.45, 7) is 5.70. The fourth-order valence-corrected chi connectivity index (χ4v) is 1.30. The first kappa shape index (κ1) is 12.7. The van der Waals surface area contributed by atoms with Gasteiger partial charge in [0.25, 0.3) is 0 Å². The second-order valence-electron chi connectivity index (χ2n) is 3.62. The third-order valence-corrected chi connectivity index (χ3v) is 2.14. The first-order valence-corrected chi connectivity index (χ1v) is 5.58. The predicted octanol–water partition coefficient (Wildman–Crippen LogP) is 1.75. The summed E-state index contributed by atoms with van der Waals surface area (Å²) in [6.07, 6.45) is 2.70. The van der Waals surface area contributed by atoms with E-state index in [1.54, 1.807) is 13.3 Å². The molecule has 1 unspecified atom stereocenters. The second kappa shape index (κ2) is 7.00. The Hall–Kier alpha value is -1.36. The van der Waals surface area contributed by atoms with E-state index in [1.807, 2.05) is 13.0 Å². The van der Waals surface area contributed by atoms with Gasteiger partial charge in [0.15, 0.2) is 0 Å². The molecule has 1 aromatic rings. The topological polar surface area (TPSA) is 59.1 Å². The minimum Gasteiger partial charge on any atom is -0.385 e. The number of hydrogen-bond acceptors (Lipinski definition) is 5.